The van der Waals surface area contributed by atoms with Crippen molar-refractivity contribution in [3.05, 3.63) is 0 Å². The Morgan fingerprint density at radius 3 is 2.83 bits per heavy atom. The minimum atomic E-state index is -0.959. The van der Waals surface area contributed by atoms with Crippen LogP contribution < -0.4 is 5.32 Å². The van der Waals surface area contributed by atoms with E-state index in [9.17, 15) is 9.59 Å². The highest BCUT2D eigenvalue weighted by molar-refractivity contribution is 8.00. The van der Waals surface area contributed by atoms with E-state index in [0.29, 0.717) is 19.0 Å². The number of carboxylic acids is 1. The average molecular weight is 276 g/mol. The van der Waals surface area contributed by atoms with Crippen molar-refractivity contribution >= 4 is 23.8 Å². The van der Waals surface area contributed by atoms with Gasteiger partial charge in [-0.05, 0) is 20.8 Å². The van der Waals surface area contributed by atoms with E-state index < -0.39 is 12.0 Å². The summed E-state index contributed by atoms with van der Waals surface area (Å²) >= 11 is 1.47. The smallest absolute Gasteiger partial charge is 0.327 e. The number of carboxylic acid groups (broad SMARTS) is 1. The standard InChI is InChI=1S/C11H20N2O4S/c1-4-17-5-7(2)12-11(16)13-8(3)18-6-9(13)10(14)15/h7-9H,4-6H2,1-3H3,(H,12,16)(H,14,15). The van der Waals surface area contributed by atoms with Crippen molar-refractivity contribution in [1.29, 1.82) is 0 Å². The first-order chi connectivity index (χ1) is 8.47. The molecule has 104 valence electrons. The molecule has 0 saturated carbocycles. The molecule has 0 radical (unpaired) electrons. The number of rotatable bonds is 5. The fourth-order valence-electron chi connectivity index (χ4n) is 1.76. The number of aliphatic carboxylic acids is 1. The molecular weight excluding hydrogens is 256 g/mol. The molecule has 1 saturated heterocycles. The normalized spacial score (nSPS) is 24.9. The summed E-state index contributed by atoms with van der Waals surface area (Å²) in [7, 11) is 0. The Hall–Kier alpha value is -0.950. The lowest BCUT2D eigenvalue weighted by Crippen LogP contribution is -2.52. The zero-order valence-corrected chi connectivity index (χ0v) is 11.7. The highest BCUT2D eigenvalue weighted by atomic mass is 32.2. The lowest BCUT2D eigenvalue weighted by Gasteiger charge is -2.27. The molecule has 0 aromatic carbocycles. The maximum absolute atomic E-state index is 12.0. The highest BCUT2D eigenvalue weighted by Gasteiger charge is 2.39. The van der Waals surface area contributed by atoms with Crippen molar-refractivity contribution in [2.24, 2.45) is 0 Å². The van der Waals surface area contributed by atoms with Crippen molar-refractivity contribution < 1.29 is 19.4 Å². The molecule has 0 aliphatic carbocycles. The summed E-state index contributed by atoms with van der Waals surface area (Å²) in [5.74, 6) is -0.525. The molecule has 3 unspecified atom stereocenters. The van der Waals surface area contributed by atoms with Gasteiger partial charge in [-0.25, -0.2) is 9.59 Å². The average Bonchev–Trinajstić information content (AvgIpc) is 2.68. The molecule has 2 amide bonds. The van der Waals surface area contributed by atoms with Crippen molar-refractivity contribution in [2.75, 3.05) is 19.0 Å². The Morgan fingerprint density at radius 2 is 2.28 bits per heavy atom. The number of hydrogen-bond acceptors (Lipinski definition) is 4. The quantitative estimate of drug-likeness (QED) is 0.782. The van der Waals surface area contributed by atoms with E-state index >= 15 is 0 Å². The minimum Gasteiger partial charge on any atom is -0.480 e. The predicted molar refractivity (Wildman–Crippen MR) is 69.7 cm³/mol. The third-order valence-corrected chi connectivity index (χ3v) is 3.90. The number of amides is 2. The van der Waals surface area contributed by atoms with Crippen LogP contribution in [0.15, 0.2) is 0 Å². The van der Waals surface area contributed by atoms with Crippen molar-refractivity contribution in [1.82, 2.24) is 10.2 Å². The number of thioether (sulfide) groups is 1. The van der Waals surface area contributed by atoms with Crippen LogP contribution in [0, 0.1) is 0 Å². The highest BCUT2D eigenvalue weighted by Crippen LogP contribution is 2.28. The Morgan fingerprint density at radius 1 is 1.61 bits per heavy atom. The van der Waals surface area contributed by atoms with Crippen LogP contribution in [-0.4, -0.2) is 58.4 Å². The van der Waals surface area contributed by atoms with Crippen LogP contribution in [-0.2, 0) is 9.53 Å². The van der Waals surface area contributed by atoms with Crippen LogP contribution in [0.25, 0.3) is 0 Å². The lowest BCUT2D eigenvalue weighted by atomic mass is 10.3. The van der Waals surface area contributed by atoms with Crippen LogP contribution >= 0.6 is 11.8 Å². The molecule has 1 fully saturated rings. The summed E-state index contributed by atoms with van der Waals surface area (Å²) in [4.78, 5) is 24.5. The Balaban J connectivity index is 2.55. The molecule has 3 atom stereocenters. The number of urea groups is 1. The second-order valence-corrected chi connectivity index (χ2v) is 5.55. The summed E-state index contributed by atoms with van der Waals surface area (Å²) in [6, 6.07) is -1.22. The van der Waals surface area contributed by atoms with Gasteiger partial charge < -0.3 is 15.2 Å². The maximum atomic E-state index is 12.0. The largest absolute Gasteiger partial charge is 0.480 e. The molecule has 0 aromatic heterocycles. The molecule has 6 nitrogen and oxygen atoms in total. The van der Waals surface area contributed by atoms with Crippen LogP contribution in [0.4, 0.5) is 4.79 Å². The van der Waals surface area contributed by atoms with Gasteiger partial charge in [-0.2, -0.15) is 0 Å². The number of carbonyl (C=O) groups is 2. The minimum absolute atomic E-state index is 0.120. The van der Waals surface area contributed by atoms with Gasteiger partial charge in [0, 0.05) is 12.4 Å². The Bertz CT molecular complexity index is 313. The Labute approximate surface area is 111 Å². The van der Waals surface area contributed by atoms with Gasteiger partial charge >= 0.3 is 12.0 Å². The molecule has 1 aliphatic heterocycles. The second kappa shape index (κ2) is 6.84. The van der Waals surface area contributed by atoms with E-state index in [-0.39, 0.29) is 17.4 Å². The third kappa shape index (κ3) is 3.78. The Kier molecular flexibility index (Phi) is 5.74. The first kappa shape index (κ1) is 15.1. The first-order valence-corrected chi connectivity index (χ1v) is 7.03. The lowest BCUT2D eigenvalue weighted by molar-refractivity contribution is -0.141. The summed E-state index contributed by atoms with van der Waals surface area (Å²) in [6.07, 6.45) is 0. The van der Waals surface area contributed by atoms with Crippen LogP contribution in [0.2, 0.25) is 0 Å². The van der Waals surface area contributed by atoms with Gasteiger partial charge in [-0.1, -0.05) is 0 Å². The predicted octanol–water partition coefficient (Wildman–Crippen LogP) is 0.969. The van der Waals surface area contributed by atoms with E-state index in [0.717, 1.165) is 0 Å². The molecule has 0 spiro atoms. The fourth-order valence-corrected chi connectivity index (χ4v) is 2.93. The number of carbonyl (C=O) groups excluding carboxylic acids is 1. The molecule has 18 heavy (non-hydrogen) atoms. The molecule has 0 bridgehead atoms. The van der Waals surface area contributed by atoms with Crippen molar-refractivity contribution in [3.63, 3.8) is 0 Å². The SMILES string of the molecule is CCOCC(C)NC(=O)N1C(C)SCC1C(=O)O. The van der Waals surface area contributed by atoms with E-state index in [1.807, 2.05) is 20.8 Å². The number of hydrogen-bond donors (Lipinski definition) is 2. The number of nitrogens with zero attached hydrogens (tertiary/aromatic N) is 1. The molecule has 1 aliphatic rings. The molecule has 7 heteroatoms. The van der Waals surface area contributed by atoms with E-state index in [2.05, 4.69) is 5.32 Å². The van der Waals surface area contributed by atoms with Gasteiger partial charge in [-0.15, -0.1) is 11.8 Å². The fraction of sp³-hybridized carbons (Fsp3) is 0.818. The maximum Gasteiger partial charge on any atom is 0.327 e. The molecular formula is C11H20N2O4S. The van der Waals surface area contributed by atoms with E-state index in [1.165, 1.54) is 16.7 Å². The second-order valence-electron chi connectivity index (χ2n) is 4.20. The molecule has 1 rings (SSSR count). The third-order valence-electron chi connectivity index (χ3n) is 2.68. The van der Waals surface area contributed by atoms with Crippen LogP contribution in [0.1, 0.15) is 20.8 Å². The van der Waals surface area contributed by atoms with Crippen molar-refractivity contribution in [3.8, 4) is 0 Å². The van der Waals surface area contributed by atoms with Crippen LogP contribution in [0.3, 0.4) is 0 Å². The van der Waals surface area contributed by atoms with Gasteiger partial charge in [0.25, 0.3) is 0 Å². The number of nitrogens with one attached hydrogen (secondary N) is 1. The summed E-state index contributed by atoms with van der Waals surface area (Å²) in [6.45, 7) is 6.56. The molecule has 0 aromatic rings. The van der Waals surface area contributed by atoms with E-state index in [4.69, 9.17) is 9.84 Å². The van der Waals surface area contributed by atoms with Gasteiger partial charge in [0.2, 0.25) is 0 Å². The number of ether oxygens (including phenoxy) is 1. The van der Waals surface area contributed by atoms with Crippen molar-refractivity contribution in [2.45, 2.75) is 38.2 Å². The first-order valence-electron chi connectivity index (χ1n) is 5.98. The topological polar surface area (TPSA) is 78.9 Å². The summed E-state index contributed by atoms with van der Waals surface area (Å²) < 4.78 is 5.21. The van der Waals surface area contributed by atoms with Gasteiger partial charge in [-0.3, -0.25) is 4.90 Å². The summed E-state index contributed by atoms with van der Waals surface area (Å²) in [5.41, 5.74) is 0. The van der Waals surface area contributed by atoms with Gasteiger partial charge in [0.05, 0.1) is 18.0 Å². The van der Waals surface area contributed by atoms with Crippen LogP contribution in [0.5, 0.6) is 0 Å². The monoisotopic (exact) mass is 276 g/mol. The molecule has 1 heterocycles. The summed E-state index contributed by atoms with van der Waals surface area (Å²) in [5, 5.41) is 11.7. The zero-order chi connectivity index (χ0) is 13.7. The van der Waals surface area contributed by atoms with Gasteiger partial charge in [0.1, 0.15) is 6.04 Å². The van der Waals surface area contributed by atoms with E-state index in [1.54, 1.807) is 0 Å². The zero-order valence-electron chi connectivity index (χ0n) is 10.9. The molecule has 2 N–H and O–H groups in total. The van der Waals surface area contributed by atoms with Gasteiger partial charge in [0.15, 0.2) is 0 Å².